The summed E-state index contributed by atoms with van der Waals surface area (Å²) in [6, 6.07) is 3.47. The number of ether oxygens (including phenoxy) is 1. The summed E-state index contributed by atoms with van der Waals surface area (Å²) in [7, 11) is 7.58. The van der Waals surface area contributed by atoms with E-state index in [4.69, 9.17) is 10.00 Å². The van der Waals surface area contributed by atoms with Crippen LogP contribution in [-0.2, 0) is 0 Å². The summed E-state index contributed by atoms with van der Waals surface area (Å²) in [6.45, 7) is 1.37. The van der Waals surface area contributed by atoms with Gasteiger partial charge in [-0.2, -0.15) is 5.26 Å². The lowest BCUT2D eigenvalue weighted by molar-refractivity contribution is 0.279. The Kier molecular flexibility index (Phi) is 7.55. The molecular formula is C15H20FIN4O. The van der Waals surface area contributed by atoms with Crippen molar-refractivity contribution in [1.82, 2.24) is 9.80 Å². The average molecular weight is 418 g/mol. The van der Waals surface area contributed by atoms with Crippen molar-refractivity contribution in [2.24, 2.45) is 4.99 Å². The third kappa shape index (κ3) is 5.42. The van der Waals surface area contributed by atoms with Gasteiger partial charge in [0.25, 0.3) is 0 Å². The molecule has 0 aliphatic carbocycles. The van der Waals surface area contributed by atoms with Crippen LogP contribution in [-0.4, -0.2) is 57.5 Å². The zero-order valence-corrected chi connectivity index (χ0v) is 15.4. The summed E-state index contributed by atoms with van der Waals surface area (Å²) in [5.41, 5.74) is 0.208. The van der Waals surface area contributed by atoms with Gasteiger partial charge in [0.15, 0.2) is 5.82 Å². The van der Waals surface area contributed by atoms with Crippen molar-refractivity contribution in [3.63, 3.8) is 0 Å². The van der Waals surface area contributed by atoms with Crippen molar-refractivity contribution in [2.45, 2.75) is 6.42 Å². The van der Waals surface area contributed by atoms with Crippen LogP contribution in [0, 0.1) is 20.7 Å². The van der Waals surface area contributed by atoms with E-state index in [-0.39, 0.29) is 11.3 Å². The molecule has 1 aromatic rings. The second kappa shape index (κ2) is 8.90. The molecule has 7 heteroatoms. The minimum absolute atomic E-state index is 0.0665. The van der Waals surface area contributed by atoms with E-state index in [1.165, 1.54) is 6.34 Å². The Labute approximate surface area is 144 Å². The third-order valence-corrected chi connectivity index (χ3v) is 3.70. The number of hydrogen-bond donors (Lipinski definition) is 0. The Bertz CT molecular complexity index is 582. The highest BCUT2D eigenvalue weighted by molar-refractivity contribution is 14.1. The summed E-state index contributed by atoms with van der Waals surface area (Å²) in [5, 5.41) is 9.13. The van der Waals surface area contributed by atoms with Crippen LogP contribution in [0.5, 0.6) is 5.75 Å². The fourth-order valence-corrected chi connectivity index (χ4v) is 2.22. The van der Waals surface area contributed by atoms with Gasteiger partial charge in [-0.1, -0.05) is 0 Å². The van der Waals surface area contributed by atoms with Crippen LogP contribution in [0.1, 0.15) is 12.0 Å². The minimum atomic E-state index is -0.584. The molecule has 0 aliphatic heterocycles. The van der Waals surface area contributed by atoms with Gasteiger partial charge in [-0.25, -0.2) is 9.38 Å². The van der Waals surface area contributed by atoms with Gasteiger partial charge in [-0.15, -0.1) is 0 Å². The summed E-state index contributed by atoms with van der Waals surface area (Å²) in [4.78, 5) is 7.92. The molecule has 0 radical (unpaired) electrons. The van der Waals surface area contributed by atoms with E-state index in [1.54, 1.807) is 25.1 Å². The summed E-state index contributed by atoms with van der Waals surface area (Å²) >= 11 is 1.85. The normalized spacial score (nSPS) is 11.0. The zero-order valence-electron chi connectivity index (χ0n) is 13.2. The Morgan fingerprint density at radius 2 is 2.09 bits per heavy atom. The standard InChI is InChI=1S/C15H20FIN4O/c1-20(2)6-5-7-22-13-8-12(19-10-21(3)4)11(9-18)14(16)15(13)17/h8,10H,5-7H2,1-4H3/b19-10+. The van der Waals surface area contributed by atoms with Gasteiger partial charge < -0.3 is 14.5 Å². The highest BCUT2D eigenvalue weighted by atomic mass is 127. The van der Waals surface area contributed by atoms with Crippen molar-refractivity contribution in [3.8, 4) is 11.8 Å². The smallest absolute Gasteiger partial charge is 0.160 e. The largest absolute Gasteiger partial charge is 0.492 e. The maximum atomic E-state index is 14.3. The maximum absolute atomic E-state index is 14.3. The maximum Gasteiger partial charge on any atom is 0.160 e. The molecule has 1 aromatic carbocycles. The second-order valence-corrected chi connectivity index (χ2v) is 6.30. The number of rotatable bonds is 7. The average Bonchev–Trinajstić information content (AvgIpc) is 2.45. The molecule has 0 amide bonds. The molecule has 0 saturated heterocycles. The molecule has 0 aromatic heterocycles. The fourth-order valence-electron chi connectivity index (χ4n) is 1.64. The van der Waals surface area contributed by atoms with Crippen LogP contribution >= 0.6 is 22.6 Å². The Balaban J connectivity index is 3.01. The predicted molar refractivity (Wildman–Crippen MR) is 94.3 cm³/mol. The fraction of sp³-hybridized carbons (Fsp3) is 0.467. The molecule has 0 bridgehead atoms. The minimum Gasteiger partial charge on any atom is -0.492 e. The molecule has 0 heterocycles. The predicted octanol–water partition coefficient (Wildman–Crippen LogP) is 2.85. The van der Waals surface area contributed by atoms with E-state index in [1.807, 2.05) is 42.8 Å². The second-order valence-electron chi connectivity index (χ2n) is 5.22. The number of halogens is 2. The van der Waals surface area contributed by atoms with Gasteiger partial charge in [0.05, 0.1) is 22.2 Å². The van der Waals surface area contributed by atoms with Crippen LogP contribution < -0.4 is 4.74 Å². The Hall–Kier alpha value is -1.40. The first-order valence-electron chi connectivity index (χ1n) is 6.77. The zero-order chi connectivity index (χ0) is 16.7. The number of benzene rings is 1. The van der Waals surface area contributed by atoms with Crippen molar-refractivity contribution < 1.29 is 9.13 Å². The van der Waals surface area contributed by atoms with Crippen molar-refractivity contribution in [3.05, 3.63) is 21.0 Å². The molecule has 0 saturated carbocycles. The van der Waals surface area contributed by atoms with Crippen molar-refractivity contribution >= 4 is 34.6 Å². The summed E-state index contributed by atoms with van der Waals surface area (Å²) in [6.07, 6.45) is 2.36. The first kappa shape index (κ1) is 18.6. The van der Waals surface area contributed by atoms with E-state index in [2.05, 4.69) is 9.89 Å². The molecule has 0 N–H and O–H groups in total. The van der Waals surface area contributed by atoms with Crippen LogP contribution in [0.4, 0.5) is 10.1 Å². The van der Waals surface area contributed by atoms with Crippen LogP contribution in [0.3, 0.4) is 0 Å². The molecule has 0 fully saturated rings. The SMILES string of the molecule is CN(C)/C=N/c1cc(OCCCN(C)C)c(I)c(F)c1C#N. The van der Waals surface area contributed by atoms with Gasteiger partial charge in [0, 0.05) is 26.7 Å². The van der Waals surface area contributed by atoms with E-state index in [9.17, 15) is 4.39 Å². The molecule has 5 nitrogen and oxygen atoms in total. The van der Waals surface area contributed by atoms with E-state index < -0.39 is 5.82 Å². The topological polar surface area (TPSA) is 51.9 Å². The molecule has 0 unspecified atom stereocenters. The quantitative estimate of drug-likeness (QED) is 0.296. The molecule has 1 rings (SSSR count). The van der Waals surface area contributed by atoms with Crippen molar-refractivity contribution in [2.75, 3.05) is 41.3 Å². The first-order valence-corrected chi connectivity index (χ1v) is 7.85. The monoisotopic (exact) mass is 418 g/mol. The van der Waals surface area contributed by atoms with Gasteiger partial charge in [-0.05, 0) is 43.1 Å². The Morgan fingerprint density at radius 1 is 1.41 bits per heavy atom. The van der Waals surface area contributed by atoms with Gasteiger partial charge in [-0.3, -0.25) is 0 Å². The lowest BCUT2D eigenvalue weighted by Gasteiger charge is -2.13. The lowest BCUT2D eigenvalue weighted by atomic mass is 10.1. The van der Waals surface area contributed by atoms with Gasteiger partial charge >= 0.3 is 0 Å². The lowest BCUT2D eigenvalue weighted by Crippen LogP contribution is -2.15. The Morgan fingerprint density at radius 3 is 2.64 bits per heavy atom. The summed E-state index contributed by atoms with van der Waals surface area (Å²) < 4.78 is 20.2. The number of nitrogens with zero attached hydrogens (tertiary/aromatic N) is 4. The summed E-state index contributed by atoms with van der Waals surface area (Å²) in [5.74, 6) is -0.166. The van der Waals surface area contributed by atoms with Crippen LogP contribution in [0.15, 0.2) is 11.1 Å². The van der Waals surface area contributed by atoms with E-state index >= 15 is 0 Å². The van der Waals surface area contributed by atoms with Crippen molar-refractivity contribution in [1.29, 1.82) is 5.26 Å². The first-order chi connectivity index (χ1) is 10.4. The van der Waals surface area contributed by atoms with Crippen LogP contribution in [0.25, 0.3) is 0 Å². The molecule has 0 spiro atoms. The molecule has 120 valence electrons. The molecular weight excluding hydrogens is 398 g/mol. The molecule has 0 aliphatic rings. The van der Waals surface area contributed by atoms with Gasteiger partial charge in [0.1, 0.15) is 17.4 Å². The number of nitriles is 1. The van der Waals surface area contributed by atoms with Crippen LogP contribution in [0.2, 0.25) is 0 Å². The van der Waals surface area contributed by atoms with Gasteiger partial charge in [0.2, 0.25) is 0 Å². The molecule has 22 heavy (non-hydrogen) atoms. The highest BCUT2D eigenvalue weighted by Crippen LogP contribution is 2.33. The number of aliphatic imine (C=N–C) groups is 1. The van der Waals surface area contributed by atoms with E-state index in [0.717, 1.165) is 13.0 Å². The molecule has 0 atom stereocenters. The number of hydrogen-bond acceptors (Lipinski definition) is 4. The third-order valence-electron chi connectivity index (χ3n) is 2.70. The van der Waals surface area contributed by atoms with E-state index in [0.29, 0.717) is 15.9 Å². The highest BCUT2D eigenvalue weighted by Gasteiger charge is 2.17.